The molecule has 1 aliphatic rings. The Morgan fingerprint density at radius 3 is 2.46 bits per heavy atom. The lowest BCUT2D eigenvalue weighted by Crippen LogP contribution is -2.35. The van der Waals surface area contributed by atoms with Crippen LogP contribution in [0.5, 0.6) is 0 Å². The summed E-state index contributed by atoms with van der Waals surface area (Å²) in [5.74, 6) is 0.917. The highest BCUT2D eigenvalue weighted by Gasteiger charge is 2.20. The van der Waals surface area contributed by atoms with E-state index in [1.54, 1.807) is 0 Å². The zero-order chi connectivity index (χ0) is 9.68. The molecule has 1 saturated carbocycles. The summed E-state index contributed by atoms with van der Waals surface area (Å²) in [7, 11) is 2.15. The van der Waals surface area contributed by atoms with E-state index in [1.807, 2.05) is 0 Å². The van der Waals surface area contributed by atoms with Crippen LogP contribution in [0, 0.1) is 17.2 Å². The molecular formula is C11H20N2. The van der Waals surface area contributed by atoms with E-state index in [4.69, 9.17) is 5.26 Å². The van der Waals surface area contributed by atoms with Gasteiger partial charge in [-0.2, -0.15) is 5.26 Å². The first-order chi connectivity index (χ1) is 6.24. The fourth-order valence-electron chi connectivity index (χ4n) is 2.09. The van der Waals surface area contributed by atoms with Crippen LogP contribution in [0.15, 0.2) is 0 Å². The predicted molar refractivity (Wildman–Crippen MR) is 54.3 cm³/mol. The highest BCUT2D eigenvalue weighted by Crippen LogP contribution is 2.26. The second-order valence-corrected chi connectivity index (χ2v) is 4.30. The van der Waals surface area contributed by atoms with Gasteiger partial charge in [0.05, 0.1) is 6.07 Å². The maximum atomic E-state index is 8.48. The van der Waals surface area contributed by atoms with Crippen molar-refractivity contribution in [3.05, 3.63) is 0 Å². The van der Waals surface area contributed by atoms with Crippen molar-refractivity contribution in [1.29, 1.82) is 5.26 Å². The molecule has 0 heterocycles. The molecule has 2 nitrogen and oxygen atoms in total. The molecule has 0 saturated heterocycles. The Kier molecular flexibility index (Phi) is 4.24. The van der Waals surface area contributed by atoms with E-state index in [1.165, 1.54) is 25.7 Å². The van der Waals surface area contributed by atoms with Crippen molar-refractivity contribution in [1.82, 2.24) is 4.90 Å². The predicted octanol–water partition coefficient (Wildman–Crippen LogP) is 2.41. The Labute approximate surface area is 81.5 Å². The third-order valence-corrected chi connectivity index (χ3v) is 3.19. The summed E-state index contributed by atoms with van der Waals surface area (Å²) < 4.78 is 0. The monoisotopic (exact) mass is 180 g/mol. The SMILES string of the molecule is CC1CCC(N(C)CCC#N)CC1. The van der Waals surface area contributed by atoms with Gasteiger partial charge in [-0.1, -0.05) is 6.92 Å². The van der Waals surface area contributed by atoms with Gasteiger partial charge in [0.15, 0.2) is 0 Å². The molecule has 1 rings (SSSR count). The van der Waals surface area contributed by atoms with Crippen LogP contribution in [-0.4, -0.2) is 24.5 Å². The number of nitrogens with zero attached hydrogens (tertiary/aromatic N) is 2. The van der Waals surface area contributed by atoms with Crippen LogP contribution < -0.4 is 0 Å². The lowest BCUT2D eigenvalue weighted by Gasteiger charge is -2.33. The molecule has 13 heavy (non-hydrogen) atoms. The van der Waals surface area contributed by atoms with Gasteiger partial charge >= 0.3 is 0 Å². The van der Waals surface area contributed by atoms with Crippen molar-refractivity contribution in [3.63, 3.8) is 0 Å². The second kappa shape index (κ2) is 5.24. The molecule has 0 bridgehead atoms. The summed E-state index contributed by atoms with van der Waals surface area (Å²) in [5.41, 5.74) is 0. The van der Waals surface area contributed by atoms with Gasteiger partial charge in [0.2, 0.25) is 0 Å². The summed E-state index contributed by atoms with van der Waals surface area (Å²) in [6, 6.07) is 2.95. The van der Waals surface area contributed by atoms with Crippen molar-refractivity contribution in [2.45, 2.75) is 45.1 Å². The van der Waals surface area contributed by atoms with Gasteiger partial charge in [0.1, 0.15) is 0 Å². The zero-order valence-electron chi connectivity index (χ0n) is 8.79. The fourth-order valence-corrected chi connectivity index (χ4v) is 2.09. The van der Waals surface area contributed by atoms with Gasteiger partial charge in [-0.15, -0.1) is 0 Å². The standard InChI is InChI=1S/C11H20N2/c1-10-4-6-11(7-5-10)13(2)9-3-8-12/h10-11H,3-7,9H2,1-2H3. The van der Waals surface area contributed by atoms with Crippen molar-refractivity contribution >= 4 is 0 Å². The van der Waals surface area contributed by atoms with Crippen LogP contribution in [0.2, 0.25) is 0 Å². The van der Waals surface area contributed by atoms with Crippen LogP contribution in [0.3, 0.4) is 0 Å². The Morgan fingerprint density at radius 2 is 1.92 bits per heavy atom. The highest BCUT2D eigenvalue weighted by atomic mass is 15.1. The Bertz CT molecular complexity index is 175. The topological polar surface area (TPSA) is 27.0 Å². The Hall–Kier alpha value is -0.550. The third kappa shape index (κ3) is 3.36. The van der Waals surface area contributed by atoms with E-state index in [-0.39, 0.29) is 0 Å². The van der Waals surface area contributed by atoms with Gasteiger partial charge < -0.3 is 4.90 Å². The highest BCUT2D eigenvalue weighted by molar-refractivity contribution is 4.79. The molecule has 0 unspecified atom stereocenters. The fraction of sp³-hybridized carbons (Fsp3) is 0.909. The first-order valence-electron chi connectivity index (χ1n) is 5.31. The number of nitriles is 1. The minimum Gasteiger partial charge on any atom is -0.302 e. The minimum absolute atomic E-state index is 0.669. The second-order valence-electron chi connectivity index (χ2n) is 4.30. The zero-order valence-corrected chi connectivity index (χ0v) is 8.79. The van der Waals surface area contributed by atoms with Crippen molar-refractivity contribution in [3.8, 4) is 6.07 Å². The Balaban J connectivity index is 2.24. The van der Waals surface area contributed by atoms with Crippen molar-refractivity contribution in [2.24, 2.45) is 5.92 Å². The number of hydrogen-bond donors (Lipinski definition) is 0. The average molecular weight is 180 g/mol. The molecular weight excluding hydrogens is 160 g/mol. The normalized spacial score (nSPS) is 28.8. The molecule has 0 amide bonds. The molecule has 1 aliphatic carbocycles. The van der Waals surface area contributed by atoms with Crippen LogP contribution in [0.4, 0.5) is 0 Å². The van der Waals surface area contributed by atoms with Crippen molar-refractivity contribution in [2.75, 3.05) is 13.6 Å². The lowest BCUT2D eigenvalue weighted by atomic mass is 9.87. The van der Waals surface area contributed by atoms with E-state index < -0.39 is 0 Å². The molecule has 0 aliphatic heterocycles. The average Bonchev–Trinajstić information content (AvgIpc) is 2.15. The maximum absolute atomic E-state index is 8.48. The van der Waals surface area contributed by atoms with Crippen LogP contribution in [0.25, 0.3) is 0 Å². The first-order valence-corrected chi connectivity index (χ1v) is 5.31. The van der Waals surface area contributed by atoms with E-state index >= 15 is 0 Å². The molecule has 1 fully saturated rings. The largest absolute Gasteiger partial charge is 0.302 e. The van der Waals surface area contributed by atoms with Crippen molar-refractivity contribution < 1.29 is 0 Å². The summed E-state index contributed by atoms with van der Waals surface area (Å²) in [6.45, 7) is 3.28. The van der Waals surface area contributed by atoms with Crippen LogP contribution >= 0.6 is 0 Å². The Morgan fingerprint density at radius 1 is 1.31 bits per heavy atom. The number of hydrogen-bond acceptors (Lipinski definition) is 2. The van der Waals surface area contributed by atoms with E-state index in [2.05, 4.69) is 24.9 Å². The molecule has 0 N–H and O–H groups in total. The molecule has 0 aromatic heterocycles. The van der Waals surface area contributed by atoms with Gasteiger partial charge in [-0.3, -0.25) is 0 Å². The molecule has 0 atom stereocenters. The van der Waals surface area contributed by atoms with E-state index in [9.17, 15) is 0 Å². The van der Waals surface area contributed by atoms with Crippen LogP contribution in [-0.2, 0) is 0 Å². The minimum atomic E-state index is 0.669. The molecule has 74 valence electrons. The van der Waals surface area contributed by atoms with Crippen LogP contribution in [0.1, 0.15) is 39.0 Å². The van der Waals surface area contributed by atoms with Gasteiger partial charge in [0.25, 0.3) is 0 Å². The summed E-state index contributed by atoms with van der Waals surface area (Å²) in [5, 5.41) is 8.48. The lowest BCUT2D eigenvalue weighted by molar-refractivity contribution is 0.173. The number of rotatable bonds is 3. The summed E-state index contributed by atoms with van der Waals surface area (Å²) in [4.78, 5) is 2.36. The summed E-state index contributed by atoms with van der Waals surface area (Å²) >= 11 is 0. The quantitative estimate of drug-likeness (QED) is 0.667. The maximum Gasteiger partial charge on any atom is 0.0635 e. The first kappa shape index (κ1) is 10.5. The van der Waals surface area contributed by atoms with E-state index in [0.717, 1.165) is 18.5 Å². The molecule has 0 radical (unpaired) electrons. The smallest absolute Gasteiger partial charge is 0.0635 e. The molecule has 0 aromatic rings. The molecule has 2 heteroatoms. The van der Waals surface area contributed by atoms with Gasteiger partial charge in [0, 0.05) is 19.0 Å². The van der Waals surface area contributed by atoms with Gasteiger partial charge in [-0.25, -0.2) is 0 Å². The third-order valence-electron chi connectivity index (χ3n) is 3.19. The van der Waals surface area contributed by atoms with E-state index in [0.29, 0.717) is 6.42 Å². The van der Waals surface area contributed by atoms with Gasteiger partial charge in [-0.05, 0) is 38.6 Å². The molecule has 0 aromatic carbocycles. The molecule has 0 spiro atoms. The summed E-state index contributed by atoms with van der Waals surface area (Å²) in [6.07, 6.45) is 6.04.